The number of hydrogen-bond donors (Lipinski definition) is 2. The molecule has 3 heterocycles. The Bertz CT molecular complexity index is 1620. The molecule has 202 valence electrons. The molecule has 0 aliphatic heterocycles. The molecule has 2 aromatic carbocycles. The number of halogens is 2. The van der Waals surface area contributed by atoms with Gasteiger partial charge in [-0.25, -0.2) is 4.98 Å². The van der Waals surface area contributed by atoms with Gasteiger partial charge in [0.2, 0.25) is 0 Å². The molecule has 0 fully saturated rings. The number of hydrogen-bond acceptors (Lipinski definition) is 5. The van der Waals surface area contributed by atoms with E-state index >= 15 is 0 Å². The Hall–Kier alpha value is -3.78. The van der Waals surface area contributed by atoms with Gasteiger partial charge in [-0.15, -0.1) is 0 Å². The first-order chi connectivity index (χ1) is 19.5. The molecular formula is C31H28Cl2N6O. The minimum absolute atomic E-state index is 0.178. The van der Waals surface area contributed by atoms with Gasteiger partial charge in [0.15, 0.2) is 0 Å². The van der Waals surface area contributed by atoms with Gasteiger partial charge in [0.05, 0.1) is 44.9 Å². The number of H-pyrrole nitrogens is 1. The number of imidazole rings is 1. The summed E-state index contributed by atoms with van der Waals surface area (Å²) in [5, 5.41) is 3.38. The molecule has 5 aromatic rings. The van der Waals surface area contributed by atoms with Gasteiger partial charge >= 0.3 is 0 Å². The predicted molar refractivity (Wildman–Crippen MR) is 157 cm³/mol. The Morgan fingerprint density at radius 1 is 1.00 bits per heavy atom. The molecule has 6 rings (SSSR count). The van der Waals surface area contributed by atoms with E-state index in [1.807, 2.05) is 42.6 Å². The first-order valence-electron chi connectivity index (χ1n) is 13.3. The molecule has 0 bridgehead atoms. The number of aromatic amines is 1. The normalized spacial score (nSPS) is 14.8. The molecule has 1 aliphatic carbocycles. The lowest BCUT2D eigenvalue weighted by Gasteiger charge is -2.34. The fourth-order valence-electron chi connectivity index (χ4n) is 5.46. The summed E-state index contributed by atoms with van der Waals surface area (Å²) >= 11 is 12.3. The summed E-state index contributed by atoms with van der Waals surface area (Å²) in [6.07, 6.45) is 7.93. The summed E-state index contributed by atoms with van der Waals surface area (Å²) in [7, 11) is 0. The fraction of sp³-hybridized carbons (Fsp3) is 0.226. The number of nitrogens with zero attached hydrogens (tertiary/aromatic N) is 4. The SMILES string of the molecule is O=C(NCc1cccc(CN(Cc2nc3ccccc3[nH]2)C2CCCc3cccnc32)c1)c1c(Cl)cncc1Cl. The van der Waals surface area contributed by atoms with E-state index in [9.17, 15) is 4.79 Å². The summed E-state index contributed by atoms with van der Waals surface area (Å²) in [6, 6.07) is 20.8. The number of rotatable bonds is 8. The summed E-state index contributed by atoms with van der Waals surface area (Å²) in [5.41, 5.74) is 6.83. The number of para-hydroxylation sites is 2. The highest BCUT2D eigenvalue weighted by Gasteiger charge is 2.28. The van der Waals surface area contributed by atoms with Crippen molar-refractivity contribution >= 4 is 40.1 Å². The van der Waals surface area contributed by atoms with Gasteiger partial charge in [0.25, 0.3) is 5.91 Å². The van der Waals surface area contributed by atoms with Crippen LogP contribution < -0.4 is 5.32 Å². The minimum Gasteiger partial charge on any atom is -0.348 e. The summed E-state index contributed by atoms with van der Waals surface area (Å²) in [5.74, 6) is 0.595. The van der Waals surface area contributed by atoms with Crippen LogP contribution in [0.1, 0.15) is 57.5 Å². The zero-order valence-electron chi connectivity index (χ0n) is 21.8. The third kappa shape index (κ3) is 5.72. The van der Waals surface area contributed by atoms with Crippen LogP contribution in [0.4, 0.5) is 0 Å². The van der Waals surface area contributed by atoms with E-state index in [1.54, 1.807) is 0 Å². The lowest BCUT2D eigenvalue weighted by atomic mass is 9.90. The van der Waals surface area contributed by atoms with Crippen LogP contribution in [0.25, 0.3) is 11.0 Å². The molecule has 7 nitrogen and oxygen atoms in total. The molecule has 3 aromatic heterocycles. The third-order valence-electron chi connectivity index (χ3n) is 7.31. The second-order valence-electron chi connectivity index (χ2n) is 10.0. The van der Waals surface area contributed by atoms with Gasteiger partial charge in [-0.1, -0.05) is 65.7 Å². The Kier molecular flexibility index (Phi) is 7.77. The molecule has 1 aliphatic rings. The Labute approximate surface area is 242 Å². The number of carbonyl (C=O) groups excluding carboxylic acids is 1. The average molecular weight is 572 g/mol. The lowest BCUT2D eigenvalue weighted by Crippen LogP contribution is -2.32. The van der Waals surface area contributed by atoms with Crippen LogP contribution in [-0.2, 0) is 26.1 Å². The zero-order valence-corrected chi connectivity index (χ0v) is 23.3. The molecule has 1 amide bonds. The Morgan fingerprint density at radius 3 is 2.67 bits per heavy atom. The van der Waals surface area contributed by atoms with Crippen molar-refractivity contribution in [3.8, 4) is 0 Å². The number of amides is 1. The number of aryl methyl sites for hydroxylation is 1. The van der Waals surface area contributed by atoms with Crippen LogP contribution in [0, 0.1) is 0 Å². The van der Waals surface area contributed by atoms with Crippen LogP contribution in [0.15, 0.2) is 79.3 Å². The molecule has 0 spiro atoms. The average Bonchev–Trinajstić information content (AvgIpc) is 3.38. The van der Waals surface area contributed by atoms with Crippen molar-refractivity contribution in [1.82, 2.24) is 30.2 Å². The van der Waals surface area contributed by atoms with Crippen LogP contribution >= 0.6 is 23.2 Å². The molecule has 1 atom stereocenters. The first kappa shape index (κ1) is 26.4. The van der Waals surface area contributed by atoms with E-state index in [1.165, 1.54) is 18.0 Å². The summed E-state index contributed by atoms with van der Waals surface area (Å²) in [4.78, 5) is 32.3. The molecule has 0 saturated heterocycles. The van der Waals surface area contributed by atoms with Crippen LogP contribution in [0.3, 0.4) is 0 Å². The quantitative estimate of drug-likeness (QED) is 0.217. The van der Waals surface area contributed by atoms with Crippen LogP contribution in [0.5, 0.6) is 0 Å². The largest absolute Gasteiger partial charge is 0.348 e. The van der Waals surface area contributed by atoms with Gasteiger partial charge in [-0.05, 0) is 54.2 Å². The molecule has 0 radical (unpaired) electrons. The molecule has 40 heavy (non-hydrogen) atoms. The second-order valence-corrected chi connectivity index (χ2v) is 10.9. The first-order valence-corrected chi connectivity index (χ1v) is 14.1. The standard InChI is InChI=1S/C31H28Cl2N6O/c32-23-16-34-17-24(33)29(23)31(40)36-15-20-6-3-7-21(14-20)18-39(19-28-37-25-10-1-2-11-26(25)38-28)27-12-4-8-22-9-5-13-35-30(22)27/h1-3,5-7,9-11,13-14,16-17,27H,4,8,12,15,18-19H2,(H,36,40)(H,37,38). The highest BCUT2D eigenvalue weighted by molar-refractivity contribution is 6.39. The number of carbonyl (C=O) groups is 1. The van der Waals surface area contributed by atoms with E-state index < -0.39 is 0 Å². The van der Waals surface area contributed by atoms with Crippen LogP contribution in [0.2, 0.25) is 10.0 Å². The van der Waals surface area contributed by atoms with Crippen molar-refractivity contribution in [2.75, 3.05) is 0 Å². The minimum atomic E-state index is -0.334. The van der Waals surface area contributed by atoms with Gasteiger partial charge in [0.1, 0.15) is 5.82 Å². The van der Waals surface area contributed by atoms with E-state index in [0.29, 0.717) is 19.6 Å². The Morgan fingerprint density at radius 2 is 1.82 bits per heavy atom. The van der Waals surface area contributed by atoms with Crippen molar-refractivity contribution in [2.24, 2.45) is 0 Å². The lowest BCUT2D eigenvalue weighted by molar-refractivity contribution is 0.0951. The maximum absolute atomic E-state index is 12.8. The number of nitrogens with one attached hydrogen (secondary N) is 2. The number of aromatic nitrogens is 4. The molecular weight excluding hydrogens is 543 g/mol. The van der Waals surface area contributed by atoms with Crippen LogP contribution in [-0.4, -0.2) is 30.7 Å². The summed E-state index contributed by atoms with van der Waals surface area (Å²) < 4.78 is 0. The van der Waals surface area contributed by atoms with Crippen molar-refractivity contribution in [3.05, 3.63) is 123 Å². The van der Waals surface area contributed by atoms with E-state index in [2.05, 4.69) is 44.5 Å². The molecule has 0 saturated carbocycles. The number of pyridine rings is 2. The monoisotopic (exact) mass is 570 g/mol. The Balaban J connectivity index is 1.24. The zero-order chi connectivity index (χ0) is 27.5. The highest BCUT2D eigenvalue weighted by atomic mass is 35.5. The van der Waals surface area contributed by atoms with Crippen molar-refractivity contribution in [1.29, 1.82) is 0 Å². The third-order valence-corrected chi connectivity index (χ3v) is 7.88. The topological polar surface area (TPSA) is 86.8 Å². The van der Waals surface area contributed by atoms with E-state index in [-0.39, 0.29) is 27.6 Å². The number of benzene rings is 2. The predicted octanol–water partition coefficient (Wildman–Crippen LogP) is 6.67. The molecule has 1 unspecified atom stereocenters. The van der Waals surface area contributed by atoms with Crippen molar-refractivity contribution < 1.29 is 4.79 Å². The second kappa shape index (κ2) is 11.8. The van der Waals surface area contributed by atoms with Gasteiger partial charge in [-0.2, -0.15) is 0 Å². The fourth-order valence-corrected chi connectivity index (χ4v) is 6.00. The molecule has 2 N–H and O–H groups in total. The van der Waals surface area contributed by atoms with Gasteiger partial charge in [0, 0.05) is 31.7 Å². The van der Waals surface area contributed by atoms with E-state index in [4.69, 9.17) is 33.2 Å². The molecule has 9 heteroatoms. The van der Waals surface area contributed by atoms with Gasteiger partial charge in [-0.3, -0.25) is 19.7 Å². The smallest absolute Gasteiger partial charge is 0.254 e. The summed E-state index contributed by atoms with van der Waals surface area (Å²) in [6.45, 7) is 1.72. The van der Waals surface area contributed by atoms with E-state index in [0.717, 1.165) is 52.9 Å². The maximum Gasteiger partial charge on any atom is 0.254 e. The maximum atomic E-state index is 12.8. The van der Waals surface area contributed by atoms with Gasteiger partial charge < -0.3 is 10.3 Å². The highest BCUT2D eigenvalue weighted by Crippen LogP contribution is 2.35. The number of fused-ring (bicyclic) bond motifs is 2. The van der Waals surface area contributed by atoms with Crippen molar-refractivity contribution in [2.45, 2.75) is 44.9 Å². The van der Waals surface area contributed by atoms with Crippen molar-refractivity contribution in [3.63, 3.8) is 0 Å².